The van der Waals surface area contributed by atoms with Crippen molar-refractivity contribution in [2.75, 3.05) is 0 Å². The molecule has 1 saturated carbocycles. The lowest BCUT2D eigenvalue weighted by molar-refractivity contribution is 0.460. The molecule has 5 nitrogen and oxygen atoms in total. The van der Waals surface area contributed by atoms with Crippen molar-refractivity contribution in [2.45, 2.75) is 31.8 Å². The van der Waals surface area contributed by atoms with Crippen molar-refractivity contribution < 1.29 is 4.42 Å². The maximum absolute atomic E-state index is 5.38. The summed E-state index contributed by atoms with van der Waals surface area (Å²) in [7, 11) is 0. The van der Waals surface area contributed by atoms with Crippen LogP contribution in [0.25, 0.3) is 0 Å². The highest BCUT2D eigenvalue weighted by atomic mass is 16.3. The van der Waals surface area contributed by atoms with E-state index in [1.54, 1.807) is 6.26 Å². The van der Waals surface area contributed by atoms with Gasteiger partial charge in [0.2, 0.25) is 5.96 Å². The minimum Gasteiger partial charge on any atom is -0.467 e. The molecular formula is C10H16N4O. The van der Waals surface area contributed by atoms with Gasteiger partial charge in [-0.25, -0.2) is 10.8 Å². The molecule has 1 aromatic rings. The zero-order valence-electron chi connectivity index (χ0n) is 8.73. The summed E-state index contributed by atoms with van der Waals surface area (Å²) in [5, 5.41) is 3.16. The summed E-state index contributed by atoms with van der Waals surface area (Å²) < 4.78 is 5.28. The molecule has 1 atom stereocenters. The minimum atomic E-state index is 0.0635. The Labute approximate surface area is 88.7 Å². The van der Waals surface area contributed by atoms with Gasteiger partial charge in [0.15, 0.2) is 0 Å². The van der Waals surface area contributed by atoms with Gasteiger partial charge < -0.3 is 9.73 Å². The maximum atomic E-state index is 5.38. The molecule has 0 bridgehead atoms. The Morgan fingerprint density at radius 1 is 1.67 bits per heavy atom. The van der Waals surface area contributed by atoms with Crippen molar-refractivity contribution in [1.29, 1.82) is 0 Å². The molecule has 4 N–H and O–H groups in total. The normalized spacial score (nSPS) is 18.7. The molecule has 1 aliphatic rings. The van der Waals surface area contributed by atoms with Gasteiger partial charge in [-0.3, -0.25) is 5.43 Å². The van der Waals surface area contributed by atoms with Gasteiger partial charge in [-0.15, -0.1) is 0 Å². The summed E-state index contributed by atoms with van der Waals surface area (Å²) in [5.74, 6) is 6.87. The molecule has 0 aromatic carbocycles. The monoisotopic (exact) mass is 208 g/mol. The lowest BCUT2D eigenvalue weighted by Gasteiger charge is -2.14. The number of hydrogen-bond donors (Lipinski definition) is 3. The molecule has 2 rings (SSSR count). The second-order valence-electron chi connectivity index (χ2n) is 3.73. The number of furan rings is 1. The Morgan fingerprint density at radius 3 is 3.00 bits per heavy atom. The average molecular weight is 208 g/mol. The first-order valence-electron chi connectivity index (χ1n) is 5.14. The first-order valence-corrected chi connectivity index (χ1v) is 5.14. The molecule has 1 aromatic heterocycles. The number of nitrogens with two attached hydrogens (primary N) is 1. The summed E-state index contributed by atoms with van der Waals surface area (Å²) in [5.41, 5.74) is 2.56. The molecule has 5 heteroatoms. The lowest BCUT2D eigenvalue weighted by Crippen LogP contribution is -2.42. The van der Waals surface area contributed by atoms with E-state index in [0.717, 1.165) is 18.6 Å². The molecule has 1 unspecified atom stereocenters. The molecule has 0 aliphatic heterocycles. The molecule has 0 spiro atoms. The van der Waals surface area contributed by atoms with Crippen LogP contribution in [-0.4, -0.2) is 12.0 Å². The smallest absolute Gasteiger partial charge is 0.206 e. The molecule has 0 saturated heterocycles. The van der Waals surface area contributed by atoms with Crippen molar-refractivity contribution in [1.82, 2.24) is 10.7 Å². The van der Waals surface area contributed by atoms with Gasteiger partial charge in [0.1, 0.15) is 5.76 Å². The number of guanidine groups is 1. The highest BCUT2D eigenvalue weighted by Crippen LogP contribution is 2.23. The number of nitrogens with one attached hydrogen (secondary N) is 2. The van der Waals surface area contributed by atoms with Crippen LogP contribution in [0.15, 0.2) is 27.8 Å². The fraction of sp³-hybridized carbons (Fsp3) is 0.500. The first kappa shape index (κ1) is 10.0. The van der Waals surface area contributed by atoms with E-state index in [1.165, 1.54) is 0 Å². The van der Waals surface area contributed by atoms with Gasteiger partial charge in [-0.2, -0.15) is 0 Å². The van der Waals surface area contributed by atoms with Crippen LogP contribution in [-0.2, 0) is 0 Å². The Hall–Kier alpha value is -1.49. The maximum Gasteiger partial charge on any atom is 0.206 e. The van der Waals surface area contributed by atoms with Crippen molar-refractivity contribution >= 4 is 5.96 Å². The van der Waals surface area contributed by atoms with Crippen molar-refractivity contribution in [3.63, 3.8) is 0 Å². The van der Waals surface area contributed by atoms with E-state index >= 15 is 0 Å². The zero-order valence-corrected chi connectivity index (χ0v) is 8.73. The van der Waals surface area contributed by atoms with Crippen LogP contribution in [0.4, 0.5) is 0 Å². The van der Waals surface area contributed by atoms with E-state index in [1.807, 2.05) is 19.1 Å². The quantitative estimate of drug-likeness (QED) is 0.299. The summed E-state index contributed by atoms with van der Waals surface area (Å²) in [6, 6.07) is 4.28. The molecule has 0 amide bonds. The SMILES string of the molecule is CC(NC(=NC1CC1)NN)c1ccco1. The van der Waals surface area contributed by atoms with Crippen LogP contribution in [0.2, 0.25) is 0 Å². The van der Waals surface area contributed by atoms with Crippen LogP contribution in [0, 0.1) is 0 Å². The van der Waals surface area contributed by atoms with E-state index in [2.05, 4.69) is 15.7 Å². The van der Waals surface area contributed by atoms with E-state index in [0.29, 0.717) is 12.0 Å². The summed E-state index contributed by atoms with van der Waals surface area (Å²) in [6.45, 7) is 2.00. The number of hydrazine groups is 1. The Kier molecular flexibility index (Phi) is 2.91. The third kappa shape index (κ3) is 2.73. The lowest BCUT2D eigenvalue weighted by atomic mass is 10.2. The molecular weight excluding hydrogens is 192 g/mol. The molecule has 0 radical (unpaired) electrons. The van der Waals surface area contributed by atoms with Crippen LogP contribution < -0.4 is 16.6 Å². The second kappa shape index (κ2) is 4.35. The van der Waals surface area contributed by atoms with Crippen LogP contribution >= 0.6 is 0 Å². The number of rotatable bonds is 3. The average Bonchev–Trinajstić information content (AvgIpc) is 2.88. The Bertz CT molecular complexity index is 329. The number of nitrogens with zero attached hydrogens (tertiary/aromatic N) is 1. The first-order chi connectivity index (χ1) is 7.29. The minimum absolute atomic E-state index is 0.0635. The highest BCUT2D eigenvalue weighted by Gasteiger charge is 2.21. The molecule has 1 fully saturated rings. The second-order valence-corrected chi connectivity index (χ2v) is 3.73. The van der Waals surface area contributed by atoms with E-state index in [9.17, 15) is 0 Å². The molecule has 1 heterocycles. The van der Waals surface area contributed by atoms with Crippen molar-refractivity contribution in [3.05, 3.63) is 24.2 Å². The van der Waals surface area contributed by atoms with Gasteiger partial charge in [0.05, 0.1) is 18.3 Å². The Balaban J connectivity index is 1.94. The van der Waals surface area contributed by atoms with Crippen molar-refractivity contribution in [3.8, 4) is 0 Å². The number of hydrogen-bond acceptors (Lipinski definition) is 3. The summed E-state index contributed by atoms with van der Waals surface area (Å²) in [6.07, 6.45) is 3.96. The van der Waals surface area contributed by atoms with Gasteiger partial charge in [0, 0.05) is 0 Å². The van der Waals surface area contributed by atoms with Gasteiger partial charge in [-0.1, -0.05) is 0 Å². The van der Waals surface area contributed by atoms with E-state index < -0.39 is 0 Å². The van der Waals surface area contributed by atoms with Crippen LogP contribution in [0.3, 0.4) is 0 Å². The third-order valence-corrected chi connectivity index (χ3v) is 2.32. The van der Waals surface area contributed by atoms with Gasteiger partial charge >= 0.3 is 0 Å². The van der Waals surface area contributed by atoms with Crippen LogP contribution in [0.5, 0.6) is 0 Å². The summed E-state index contributed by atoms with van der Waals surface area (Å²) in [4.78, 5) is 4.38. The predicted molar refractivity (Wildman–Crippen MR) is 58.0 cm³/mol. The molecule has 82 valence electrons. The van der Waals surface area contributed by atoms with Crippen molar-refractivity contribution in [2.24, 2.45) is 10.8 Å². The van der Waals surface area contributed by atoms with Gasteiger partial charge in [0.25, 0.3) is 0 Å². The third-order valence-electron chi connectivity index (χ3n) is 2.32. The topological polar surface area (TPSA) is 75.6 Å². The molecule has 1 aliphatic carbocycles. The number of aliphatic imine (C=N–C) groups is 1. The zero-order chi connectivity index (χ0) is 10.7. The standard InChI is InChI=1S/C10H16N4O/c1-7(9-3-2-6-15-9)12-10(14-11)13-8-4-5-8/h2-3,6-8H,4-5,11H2,1H3,(H2,12,13,14). The predicted octanol–water partition coefficient (Wildman–Crippen LogP) is 0.912. The highest BCUT2D eigenvalue weighted by molar-refractivity contribution is 5.79. The van der Waals surface area contributed by atoms with E-state index in [-0.39, 0.29) is 6.04 Å². The van der Waals surface area contributed by atoms with Crippen LogP contribution in [0.1, 0.15) is 31.6 Å². The summed E-state index contributed by atoms with van der Waals surface area (Å²) >= 11 is 0. The molecule has 15 heavy (non-hydrogen) atoms. The fourth-order valence-electron chi connectivity index (χ4n) is 1.32. The Morgan fingerprint density at radius 2 is 2.47 bits per heavy atom. The van der Waals surface area contributed by atoms with E-state index in [4.69, 9.17) is 10.3 Å². The van der Waals surface area contributed by atoms with Gasteiger partial charge in [-0.05, 0) is 31.9 Å². The fourth-order valence-corrected chi connectivity index (χ4v) is 1.32. The largest absolute Gasteiger partial charge is 0.467 e.